The van der Waals surface area contributed by atoms with E-state index in [-0.39, 0.29) is 44.7 Å². The number of phenols is 1. The van der Waals surface area contributed by atoms with E-state index < -0.39 is 47.5 Å². The Balaban J connectivity index is 3.36. The summed E-state index contributed by atoms with van der Waals surface area (Å²) < 4.78 is 10.2. The van der Waals surface area contributed by atoms with Gasteiger partial charge in [0.05, 0.1) is 13.0 Å². The summed E-state index contributed by atoms with van der Waals surface area (Å²) in [4.78, 5) is 64.1. The number of primary amides is 1. The van der Waals surface area contributed by atoms with Crippen LogP contribution in [0.25, 0.3) is 0 Å². The number of carbonyl (C=O) groups excluding carboxylic acids is 5. The first-order chi connectivity index (χ1) is 17.8. The SMILES string of the molecule is CCCN(C(=O)C(CCC(N)=O)NC(=O)OC(C)(C)C)C(C(=O)NCCC(=O)OCC)c1cccc(O)c1. The van der Waals surface area contributed by atoms with Crippen LogP contribution in [-0.2, 0) is 28.7 Å². The molecule has 0 spiro atoms. The van der Waals surface area contributed by atoms with E-state index in [0.29, 0.717) is 12.0 Å². The first-order valence-electron chi connectivity index (χ1n) is 12.6. The van der Waals surface area contributed by atoms with Gasteiger partial charge < -0.3 is 35.8 Å². The number of nitrogens with two attached hydrogens (primary N) is 1. The molecule has 0 saturated heterocycles. The Kier molecular flexibility index (Phi) is 13.1. The van der Waals surface area contributed by atoms with Crippen molar-refractivity contribution in [3.8, 4) is 5.75 Å². The number of nitrogens with one attached hydrogen (secondary N) is 2. The Morgan fingerprint density at radius 1 is 1.11 bits per heavy atom. The molecular weight excluding hydrogens is 496 g/mol. The van der Waals surface area contributed by atoms with E-state index >= 15 is 0 Å². The molecule has 12 nitrogen and oxygen atoms in total. The lowest BCUT2D eigenvalue weighted by Crippen LogP contribution is -2.53. The number of carbonyl (C=O) groups is 5. The van der Waals surface area contributed by atoms with Crippen LogP contribution in [0.3, 0.4) is 0 Å². The molecule has 0 aromatic heterocycles. The molecule has 0 aliphatic heterocycles. The number of hydrogen-bond donors (Lipinski definition) is 4. The Hall–Kier alpha value is -3.83. The quantitative estimate of drug-likeness (QED) is 0.260. The van der Waals surface area contributed by atoms with Crippen LogP contribution < -0.4 is 16.4 Å². The van der Waals surface area contributed by atoms with Gasteiger partial charge in [0.25, 0.3) is 0 Å². The van der Waals surface area contributed by atoms with E-state index in [1.807, 2.05) is 0 Å². The number of aromatic hydroxyl groups is 1. The highest BCUT2D eigenvalue weighted by atomic mass is 16.6. The van der Waals surface area contributed by atoms with Gasteiger partial charge in [-0.15, -0.1) is 0 Å². The summed E-state index contributed by atoms with van der Waals surface area (Å²) in [6.45, 7) is 8.73. The first kappa shape index (κ1) is 32.2. The number of hydrogen-bond acceptors (Lipinski definition) is 8. The van der Waals surface area contributed by atoms with Gasteiger partial charge in [-0.3, -0.25) is 19.2 Å². The summed E-state index contributed by atoms with van der Waals surface area (Å²) in [6.07, 6.45) is -0.814. The fourth-order valence-corrected chi connectivity index (χ4v) is 3.59. The van der Waals surface area contributed by atoms with Crippen LogP contribution in [0.1, 0.15) is 71.9 Å². The predicted octanol–water partition coefficient (Wildman–Crippen LogP) is 1.90. The third-order valence-corrected chi connectivity index (χ3v) is 5.10. The van der Waals surface area contributed by atoms with Gasteiger partial charge in [0, 0.05) is 19.5 Å². The van der Waals surface area contributed by atoms with E-state index in [9.17, 15) is 29.1 Å². The third kappa shape index (κ3) is 11.5. The van der Waals surface area contributed by atoms with E-state index in [0.717, 1.165) is 0 Å². The first-order valence-corrected chi connectivity index (χ1v) is 12.6. The van der Waals surface area contributed by atoms with Crippen molar-refractivity contribution in [2.75, 3.05) is 19.7 Å². The topological polar surface area (TPSA) is 177 Å². The zero-order chi connectivity index (χ0) is 28.9. The third-order valence-electron chi connectivity index (χ3n) is 5.10. The number of esters is 1. The molecule has 212 valence electrons. The van der Waals surface area contributed by atoms with Crippen molar-refractivity contribution in [3.63, 3.8) is 0 Å². The number of ether oxygens (including phenoxy) is 2. The molecule has 1 rings (SSSR count). The minimum atomic E-state index is -1.23. The monoisotopic (exact) mass is 536 g/mol. The number of rotatable bonds is 14. The van der Waals surface area contributed by atoms with Gasteiger partial charge in [0.1, 0.15) is 23.4 Å². The summed E-state index contributed by atoms with van der Waals surface area (Å²) in [5.74, 6) is -2.53. The molecule has 0 radical (unpaired) electrons. The molecule has 0 bridgehead atoms. The summed E-state index contributed by atoms with van der Waals surface area (Å²) in [7, 11) is 0. The molecule has 0 saturated carbocycles. The van der Waals surface area contributed by atoms with Gasteiger partial charge in [-0.05, 0) is 58.2 Å². The molecule has 5 N–H and O–H groups in total. The molecule has 12 heteroatoms. The molecule has 2 atom stereocenters. The van der Waals surface area contributed by atoms with Gasteiger partial charge in [0.2, 0.25) is 17.7 Å². The van der Waals surface area contributed by atoms with E-state index in [1.54, 1.807) is 40.7 Å². The number of amides is 4. The molecular formula is C26H40N4O8. The Labute approximate surface area is 223 Å². The van der Waals surface area contributed by atoms with Crippen LogP contribution >= 0.6 is 0 Å². The average Bonchev–Trinajstić information content (AvgIpc) is 2.80. The average molecular weight is 537 g/mol. The molecule has 0 aliphatic rings. The maximum absolute atomic E-state index is 13.8. The summed E-state index contributed by atoms with van der Waals surface area (Å²) >= 11 is 0. The van der Waals surface area contributed by atoms with Crippen molar-refractivity contribution in [2.45, 2.75) is 78.0 Å². The van der Waals surface area contributed by atoms with Crippen molar-refractivity contribution in [3.05, 3.63) is 29.8 Å². The second-order valence-corrected chi connectivity index (χ2v) is 9.58. The molecule has 2 unspecified atom stereocenters. The molecule has 1 aromatic rings. The Bertz CT molecular complexity index is 976. The highest BCUT2D eigenvalue weighted by Gasteiger charge is 2.36. The highest BCUT2D eigenvalue weighted by Crippen LogP contribution is 2.26. The predicted molar refractivity (Wildman–Crippen MR) is 139 cm³/mol. The van der Waals surface area contributed by atoms with Crippen molar-refractivity contribution in [1.82, 2.24) is 15.5 Å². The molecule has 0 aliphatic carbocycles. The summed E-state index contributed by atoms with van der Waals surface area (Å²) in [5, 5.41) is 15.2. The lowest BCUT2D eigenvalue weighted by molar-refractivity contribution is -0.144. The zero-order valence-corrected chi connectivity index (χ0v) is 22.7. The largest absolute Gasteiger partial charge is 0.508 e. The van der Waals surface area contributed by atoms with Gasteiger partial charge in [-0.2, -0.15) is 0 Å². The normalized spacial score (nSPS) is 12.6. The molecule has 38 heavy (non-hydrogen) atoms. The zero-order valence-electron chi connectivity index (χ0n) is 22.7. The lowest BCUT2D eigenvalue weighted by atomic mass is 10.0. The van der Waals surface area contributed by atoms with Crippen LogP contribution in [0.4, 0.5) is 4.79 Å². The Morgan fingerprint density at radius 3 is 2.34 bits per heavy atom. The number of nitrogens with zero attached hydrogens (tertiary/aromatic N) is 1. The molecule has 1 aromatic carbocycles. The van der Waals surface area contributed by atoms with Crippen molar-refractivity contribution >= 4 is 29.8 Å². The van der Waals surface area contributed by atoms with Crippen molar-refractivity contribution in [1.29, 1.82) is 0 Å². The highest BCUT2D eigenvalue weighted by molar-refractivity contribution is 5.92. The number of benzene rings is 1. The van der Waals surface area contributed by atoms with Crippen molar-refractivity contribution < 1.29 is 38.6 Å². The van der Waals surface area contributed by atoms with Gasteiger partial charge >= 0.3 is 12.1 Å². The molecule has 0 fully saturated rings. The minimum absolute atomic E-state index is 0.0393. The lowest BCUT2D eigenvalue weighted by Gasteiger charge is -2.34. The standard InChI is InChI=1S/C26H40N4O8/c1-6-15-30(24(35)19(11-12-20(27)32)29-25(36)38-26(3,4)5)22(17-9-8-10-18(31)16-17)23(34)28-14-13-21(33)37-7-2/h8-10,16,19,22,31H,6-7,11-15H2,1-5H3,(H2,27,32)(H,28,34)(H,29,36). The van der Waals surface area contributed by atoms with E-state index in [4.69, 9.17) is 15.2 Å². The second kappa shape index (κ2) is 15.4. The van der Waals surface area contributed by atoms with Gasteiger partial charge in [0.15, 0.2) is 0 Å². The fourth-order valence-electron chi connectivity index (χ4n) is 3.59. The van der Waals surface area contributed by atoms with Crippen LogP contribution in [0.2, 0.25) is 0 Å². The van der Waals surface area contributed by atoms with E-state index in [2.05, 4.69) is 10.6 Å². The number of alkyl carbamates (subject to hydrolysis) is 1. The van der Waals surface area contributed by atoms with Crippen LogP contribution in [0.5, 0.6) is 5.75 Å². The molecule has 0 heterocycles. The summed E-state index contributed by atoms with van der Waals surface area (Å²) in [6, 6.07) is 3.44. The fraction of sp³-hybridized carbons (Fsp3) is 0.577. The van der Waals surface area contributed by atoms with Crippen LogP contribution in [0, 0.1) is 0 Å². The van der Waals surface area contributed by atoms with Crippen molar-refractivity contribution in [2.24, 2.45) is 5.73 Å². The van der Waals surface area contributed by atoms with Gasteiger partial charge in [-0.25, -0.2) is 4.79 Å². The summed E-state index contributed by atoms with van der Waals surface area (Å²) in [5.41, 5.74) is 4.76. The molecule has 4 amide bonds. The van der Waals surface area contributed by atoms with Crippen LogP contribution in [-0.4, -0.2) is 71.1 Å². The number of phenolic OH excluding ortho intramolecular Hbond substituents is 1. The second-order valence-electron chi connectivity index (χ2n) is 9.58. The van der Waals surface area contributed by atoms with Gasteiger partial charge in [-0.1, -0.05) is 19.1 Å². The van der Waals surface area contributed by atoms with E-state index in [1.165, 1.54) is 23.1 Å². The Morgan fingerprint density at radius 2 is 1.79 bits per heavy atom. The minimum Gasteiger partial charge on any atom is -0.508 e. The smallest absolute Gasteiger partial charge is 0.408 e. The van der Waals surface area contributed by atoms with Crippen LogP contribution in [0.15, 0.2) is 24.3 Å². The maximum atomic E-state index is 13.8. The maximum Gasteiger partial charge on any atom is 0.408 e.